The minimum atomic E-state index is -1.85. The summed E-state index contributed by atoms with van der Waals surface area (Å²) in [6.45, 7) is 15.2. The fourth-order valence-electron chi connectivity index (χ4n) is 4.51. The average Bonchev–Trinajstić information content (AvgIpc) is 3.04. The molecule has 2 amide bonds. The van der Waals surface area contributed by atoms with E-state index in [1.54, 1.807) is 111 Å². The maximum absolute atomic E-state index is 14.7. The number of rotatable bonds is 5. The van der Waals surface area contributed by atoms with Crippen molar-refractivity contribution in [3.8, 4) is 0 Å². The highest BCUT2D eigenvalue weighted by molar-refractivity contribution is 6.30. The van der Waals surface area contributed by atoms with Gasteiger partial charge in [0.05, 0.1) is 11.3 Å². The number of esters is 2. The van der Waals surface area contributed by atoms with Crippen LogP contribution >= 0.6 is 11.6 Å². The first kappa shape index (κ1) is 31.9. The van der Waals surface area contributed by atoms with Crippen molar-refractivity contribution >= 4 is 41.2 Å². The average molecular weight is 584 g/mol. The highest BCUT2D eigenvalue weighted by atomic mass is 35.5. The number of benzene rings is 2. The van der Waals surface area contributed by atoms with E-state index in [4.69, 9.17) is 25.8 Å². The second-order valence-corrected chi connectivity index (χ2v) is 13.4. The minimum absolute atomic E-state index is 0.0901. The topological polar surface area (TPSA) is 99.2 Å². The maximum atomic E-state index is 14.7. The highest BCUT2D eigenvalue weighted by Gasteiger charge is 2.58. The lowest BCUT2D eigenvalue weighted by Crippen LogP contribution is -2.49. The number of hydrogen-bond acceptors (Lipinski definition) is 7. The number of para-hydroxylation sites is 1. The Labute approximate surface area is 246 Å². The predicted molar refractivity (Wildman–Crippen MR) is 157 cm³/mol. The summed E-state index contributed by atoms with van der Waals surface area (Å²) in [6.07, 6.45) is 0.00383. The van der Waals surface area contributed by atoms with E-state index in [0.29, 0.717) is 16.1 Å². The molecule has 0 aromatic heterocycles. The molecule has 0 N–H and O–H groups in total. The standard InChI is InChI=1S/C32H38ClNO7/c1-29(2,3)39-25(35)18-23(26(36)40-30(4,5)6)32(19-20-14-16-21(33)17-15-20)22-12-10-11-13-24(22)34(27(32)37)28(38)41-31(7,8)9/h10-18H,19H2,1-9H3/b23-18+/t32-/m1/s1. The van der Waals surface area contributed by atoms with Gasteiger partial charge in [0.1, 0.15) is 22.2 Å². The van der Waals surface area contributed by atoms with Crippen LogP contribution in [0.3, 0.4) is 0 Å². The number of amides is 2. The van der Waals surface area contributed by atoms with E-state index in [-0.39, 0.29) is 17.7 Å². The van der Waals surface area contributed by atoms with Gasteiger partial charge in [-0.3, -0.25) is 4.79 Å². The summed E-state index contributed by atoms with van der Waals surface area (Å²) in [5, 5.41) is 0.480. The van der Waals surface area contributed by atoms with Crippen LogP contribution in [0.2, 0.25) is 5.02 Å². The summed E-state index contributed by atoms with van der Waals surface area (Å²) in [7, 11) is 0. The Kier molecular flexibility index (Phi) is 8.80. The van der Waals surface area contributed by atoms with Crippen LogP contribution in [0.1, 0.15) is 73.4 Å². The Morgan fingerprint density at radius 2 is 1.34 bits per heavy atom. The summed E-state index contributed by atoms with van der Waals surface area (Å²) in [5.74, 6) is -2.50. The second kappa shape index (κ2) is 11.3. The molecule has 2 aromatic carbocycles. The van der Waals surface area contributed by atoms with E-state index in [9.17, 15) is 19.2 Å². The molecule has 0 unspecified atom stereocenters. The third-order valence-corrected chi connectivity index (χ3v) is 6.13. The lowest BCUT2D eigenvalue weighted by molar-refractivity contribution is -0.153. The molecule has 2 aromatic rings. The molecule has 1 heterocycles. The van der Waals surface area contributed by atoms with Crippen molar-refractivity contribution in [1.29, 1.82) is 0 Å². The van der Waals surface area contributed by atoms with E-state index < -0.39 is 46.2 Å². The molecule has 0 aliphatic carbocycles. The molecular formula is C32H38ClNO7. The van der Waals surface area contributed by atoms with Crippen LogP contribution in [0, 0.1) is 0 Å². The number of fused-ring (bicyclic) bond motifs is 1. The molecular weight excluding hydrogens is 546 g/mol. The van der Waals surface area contributed by atoms with Crippen LogP contribution < -0.4 is 4.90 Å². The van der Waals surface area contributed by atoms with Crippen LogP contribution in [0.15, 0.2) is 60.2 Å². The van der Waals surface area contributed by atoms with E-state index in [2.05, 4.69) is 0 Å². The molecule has 0 radical (unpaired) electrons. The fraction of sp³-hybridized carbons (Fsp3) is 0.438. The van der Waals surface area contributed by atoms with E-state index in [1.165, 1.54) is 0 Å². The predicted octanol–water partition coefficient (Wildman–Crippen LogP) is 6.71. The monoisotopic (exact) mass is 583 g/mol. The fourth-order valence-corrected chi connectivity index (χ4v) is 4.63. The number of ether oxygens (including phenoxy) is 3. The van der Waals surface area contributed by atoms with Gasteiger partial charge in [-0.2, -0.15) is 0 Å². The number of anilines is 1. The van der Waals surface area contributed by atoms with Gasteiger partial charge in [0.15, 0.2) is 0 Å². The van der Waals surface area contributed by atoms with Crippen molar-refractivity contribution in [2.75, 3.05) is 4.90 Å². The van der Waals surface area contributed by atoms with Gasteiger partial charge in [-0.25, -0.2) is 19.3 Å². The highest BCUT2D eigenvalue weighted by Crippen LogP contribution is 2.49. The Morgan fingerprint density at radius 3 is 1.88 bits per heavy atom. The summed E-state index contributed by atoms with van der Waals surface area (Å²) in [5.41, 5.74) is -3.66. The minimum Gasteiger partial charge on any atom is -0.457 e. The molecule has 0 fully saturated rings. The Balaban J connectivity index is 2.37. The molecule has 0 saturated heterocycles. The normalized spacial score (nSPS) is 17.7. The van der Waals surface area contributed by atoms with Crippen LogP contribution in [0.5, 0.6) is 0 Å². The molecule has 1 aliphatic rings. The summed E-state index contributed by atoms with van der Waals surface area (Å²) in [4.78, 5) is 56.2. The van der Waals surface area contributed by atoms with Crippen molar-refractivity contribution < 1.29 is 33.4 Å². The lowest BCUT2D eigenvalue weighted by atomic mass is 9.70. The van der Waals surface area contributed by atoms with E-state index in [0.717, 1.165) is 11.0 Å². The molecule has 0 bridgehead atoms. The number of imide groups is 1. The van der Waals surface area contributed by atoms with Crippen molar-refractivity contribution in [3.05, 3.63) is 76.3 Å². The van der Waals surface area contributed by atoms with Crippen molar-refractivity contribution in [1.82, 2.24) is 0 Å². The second-order valence-electron chi connectivity index (χ2n) is 12.9. The van der Waals surface area contributed by atoms with Crippen molar-refractivity contribution in [2.24, 2.45) is 0 Å². The molecule has 0 spiro atoms. The zero-order valence-electron chi connectivity index (χ0n) is 25.1. The van der Waals surface area contributed by atoms with Crippen LogP contribution in [-0.4, -0.2) is 40.7 Å². The first-order chi connectivity index (χ1) is 18.7. The number of halogens is 1. The van der Waals surface area contributed by atoms with Crippen LogP contribution in [-0.2, 0) is 40.4 Å². The van der Waals surface area contributed by atoms with Crippen molar-refractivity contribution in [3.63, 3.8) is 0 Å². The number of nitrogens with zero attached hydrogens (tertiary/aromatic N) is 1. The third kappa shape index (κ3) is 7.55. The lowest BCUT2D eigenvalue weighted by Gasteiger charge is -2.32. The molecule has 3 rings (SSSR count). The summed E-state index contributed by atoms with van der Waals surface area (Å²) < 4.78 is 16.9. The quantitative estimate of drug-likeness (QED) is 0.219. The van der Waals surface area contributed by atoms with Crippen LogP contribution in [0.25, 0.3) is 0 Å². The molecule has 1 aliphatic heterocycles. The molecule has 0 saturated carbocycles. The summed E-state index contributed by atoms with van der Waals surface area (Å²) >= 11 is 6.13. The van der Waals surface area contributed by atoms with Gasteiger partial charge in [-0.15, -0.1) is 0 Å². The zero-order valence-corrected chi connectivity index (χ0v) is 25.8. The van der Waals surface area contributed by atoms with Crippen molar-refractivity contribution in [2.45, 2.75) is 91.0 Å². The molecule has 220 valence electrons. The van der Waals surface area contributed by atoms with Gasteiger partial charge in [0.25, 0.3) is 5.91 Å². The SMILES string of the molecule is CC(C)(C)OC(=O)/C=C(\C(=O)OC(C)(C)C)[C@]1(Cc2ccc(Cl)cc2)C(=O)N(C(=O)OC(C)(C)C)c2ccccc21. The Hall–Kier alpha value is -3.65. The number of carbonyl (C=O) groups excluding carboxylic acids is 4. The first-order valence-corrected chi connectivity index (χ1v) is 13.7. The molecule has 9 heteroatoms. The smallest absolute Gasteiger partial charge is 0.421 e. The number of hydrogen-bond donors (Lipinski definition) is 0. The van der Waals surface area contributed by atoms with E-state index >= 15 is 0 Å². The first-order valence-electron chi connectivity index (χ1n) is 13.3. The van der Waals surface area contributed by atoms with Gasteiger partial charge in [0.2, 0.25) is 0 Å². The van der Waals surface area contributed by atoms with Gasteiger partial charge >= 0.3 is 18.0 Å². The van der Waals surface area contributed by atoms with Crippen LogP contribution in [0.4, 0.5) is 10.5 Å². The third-order valence-electron chi connectivity index (χ3n) is 5.88. The molecule has 1 atom stereocenters. The van der Waals surface area contributed by atoms with Gasteiger partial charge in [-0.05, 0) is 98.1 Å². The Bertz CT molecular complexity index is 1370. The molecule has 8 nitrogen and oxygen atoms in total. The molecule has 41 heavy (non-hydrogen) atoms. The van der Waals surface area contributed by atoms with E-state index in [1.807, 2.05) is 0 Å². The summed E-state index contributed by atoms with van der Waals surface area (Å²) in [6, 6.07) is 13.4. The van der Waals surface area contributed by atoms with Gasteiger partial charge in [-0.1, -0.05) is 41.9 Å². The Morgan fingerprint density at radius 1 is 0.805 bits per heavy atom. The van der Waals surface area contributed by atoms with Gasteiger partial charge < -0.3 is 14.2 Å². The zero-order chi connectivity index (χ0) is 31.0. The van der Waals surface area contributed by atoms with Gasteiger partial charge in [0, 0.05) is 11.1 Å². The largest absolute Gasteiger partial charge is 0.457 e. The number of carbonyl (C=O) groups is 4. The maximum Gasteiger partial charge on any atom is 0.421 e.